The van der Waals surface area contributed by atoms with Crippen LogP contribution in [-0.2, 0) is 0 Å². The van der Waals surface area contributed by atoms with E-state index in [1.165, 1.54) is 22.3 Å². The minimum absolute atomic E-state index is 0.409. The Labute approximate surface area is 335 Å². The lowest BCUT2D eigenvalue weighted by Gasteiger charge is -2.17. The third kappa shape index (κ3) is 5.60. The lowest BCUT2D eigenvalue weighted by atomic mass is 10.1. The van der Waals surface area contributed by atoms with Crippen LogP contribution in [0.3, 0.4) is 0 Å². The summed E-state index contributed by atoms with van der Waals surface area (Å²) >= 11 is 0. The molecule has 0 aliphatic heterocycles. The van der Waals surface area contributed by atoms with Gasteiger partial charge >= 0.3 is 0 Å². The average molecular weight is 746 g/mol. The smallest absolute Gasteiger partial charge is 0.166 e. The Bertz CT molecular complexity index is 3090. The molecule has 10 rings (SSSR count). The van der Waals surface area contributed by atoms with Crippen molar-refractivity contribution in [2.24, 2.45) is 0 Å². The van der Waals surface area contributed by atoms with Gasteiger partial charge in [0, 0.05) is 38.2 Å². The Morgan fingerprint density at radius 2 is 0.759 bits per heavy atom. The Morgan fingerprint density at radius 3 is 1.12 bits per heavy atom. The number of nitriles is 2. The van der Waals surface area contributed by atoms with Crippen molar-refractivity contribution in [3.63, 3.8) is 0 Å². The summed E-state index contributed by atoms with van der Waals surface area (Å²) in [5, 5.41) is 25.1. The predicted octanol–water partition coefficient (Wildman–Crippen LogP) is 12.0. The van der Waals surface area contributed by atoms with E-state index in [1.807, 2.05) is 66.7 Å². The van der Waals surface area contributed by atoms with Gasteiger partial charge in [-0.25, -0.2) is 15.0 Å². The van der Waals surface area contributed by atoms with E-state index in [2.05, 4.69) is 122 Å². The van der Waals surface area contributed by atoms with E-state index in [4.69, 9.17) is 15.0 Å². The highest BCUT2D eigenvalue weighted by molar-refractivity contribution is 6.11. The van der Waals surface area contributed by atoms with Crippen LogP contribution in [0.25, 0.3) is 89.2 Å². The van der Waals surface area contributed by atoms with Crippen LogP contribution in [0.15, 0.2) is 140 Å². The predicted molar refractivity (Wildman–Crippen MR) is 233 cm³/mol. The van der Waals surface area contributed by atoms with Crippen molar-refractivity contribution in [3.05, 3.63) is 173 Å². The minimum Gasteiger partial charge on any atom is -0.308 e. The third-order valence-electron chi connectivity index (χ3n) is 11.0. The first-order valence-corrected chi connectivity index (χ1v) is 19.2. The van der Waals surface area contributed by atoms with E-state index in [1.54, 1.807) is 0 Å². The van der Waals surface area contributed by atoms with Crippen LogP contribution in [0.5, 0.6) is 0 Å². The van der Waals surface area contributed by atoms with Gasteiger partial charge in [0.1, 0.15) is 0 Å². The number of aryl methyl sites for hydroxylation is 4. The maximum absolute atomic E-state index is 10.3. The van der Waals surface area contributed by atoms with E-state index in [0.29, 0.717) is 39.7 Å². The molecule has 10 aromatic rings. The number of fused-ring (bicyclic) bond motifs is 6. The summed E-state index contributed by atoms with van der Waals surface area (Å²) < 4.78 is 4.49. The van der Waals surface area contributed by atoms with Crippen LogP contribution in [0.4, 0.5) is 0 Å². The second kappa shape index (κ2) is 13.4. The van der Waals surface area contributed by atoms with Crippen LogP contribution in [-0.4, -0.2) is 24.1 Å². The van der Waals surface area contributed by atoms with Gasteiger partial charge in [-0.2, -0.15) is 10.5 Å². The molecule has 7 aromatic carbocycles. The highest BCUT2D eigenvalue weighted by atomic mass is 15.1. The van der Waals surface area contributed by atoms with Crippen LogP contribution in [0, 0.1) is 50.4 Å². The van der Waals surface area contributed by atoms with Crippen molar-refractivity contribution < 1.29 is 0 Å². The van der Waals surface area contributed by atoms with Crippen LogP contribution in [0.1, 0.15) is 33.4 Å². The summed E-state index contributed by atoms with van der Waals surface area (Å²) in [7, 11) is 0. The van der Waals surface area contributed by atoms with Crippen molar-refractivity contribution in [2.45, 2.75) is 27.7 Å². The molecule has 0 atom stereocenters. The molecule has 0 N–H and O–H groups in total. The number of rotatable bonds is 5. The molecule has 0 amide bonds. The van der Waals surface area contributed by atoms with Crippen LogP contribution in [0.2, 0.25) is 0 Å². The third-order valence-corrected chi connectivity index (χ3v) is 11.0. The van der Waals surface area contributed by atoms with Gasteiger partial charge in [0.25, 0.3) is 0 Å². The summed E-state index contributed by atoms with van der Waals surface area (Å²) in [4.78, 5) is 15.6. The fraction of sp³-hybridized carbons (Fsp3) is 0.0784. The van der Waals surface area contributed by atoms with Crippen molar-refractivity contribution >= 4 is 43.6 Å². The van der Waals surface area contributed by atoms with Gasteiger partial charge in [-0.1, -0.05) is 76.9 Å². The molecule has 3 heterocycles. The van der Waals surface area contributed by atoms with Crippen molar-refractivity contribution in [1.29, 1.82) is 10.5 Å². The SMILES string of the molecule is Cc1ccc2c(c1)c1cc(C)ccc1n2-c1ccc(C#N)cc1-c1nc(-c2ccccc2)nc(-c2cc(C#N)ccc2-n2c3ccc(C)cc3c3cc(C)ccc32)n1. The normalized spacial score (nSPS) is 11.4. The largest absolute Gasteiger partial charge is 0.308 e. The maximum Gasteiger partial charge on any atom is 0.166 e. The molecule has 3 aromatic heterocycles. The molecule has 0 unspecified atom stereocenters. The first kappa shape index (κ1) is 34.6. The number of hydrogen-bond donors (Lipinski definition) is 0. The second-order valence-electron chi connectivity index (χ2n) is 15.1. The van der Waals surface area contributed by atoms with Crippen molar-refractivity contribution in [2.75, 3.05) is 0 Å². The number of nitrogens with zero attached hydrogens (tertiary/aromatic N) is 7. The fourth-order valence-electron chi connectivity index (χ4n) is 8.31. The minimum atomic E-state index is 0.409. The summed E-state index contributed by atoms with van der Waals surface area (Å²) in [5.41, 5.74) is 13.7. The molecular formula is C51H35N7. The van der Waals surface area contributed by atoms with E-state index in [0.717, 1.165) is 60.5 Å². The highest BCUT2D eigenvalue weighted by Crippen LogP contribution is 2.40. The van der Waals surface area contributed by atoms with Gasteiger partial charge in [-0.15, -0.1) is 0 Å². The molecule has 0 saturated carbocycles. The van der Waals surface area contributed by atoms with E-state index < -0.39 is 0 Å². The van der Waals surface area contributed by atoms with Gasteiger partial charge in [-0.3, -0.25) is 0 Å². The molecule has 7 heteroatoms. The Morgan fingerprint density at radius 1 is 0.397 bits per heavy atom. The molecule has 274 valence electrons. The molecule has 0 aliphatic rings. The lowest BCUT2D eigenvalue weighted by Crippen LogP contribution is -2.06. The molecule has 7 nitrogen and oxygen atoms in total. The molecule has 0 saturated heterocycles. The quantitative estimate of drug-likeness (QED) is 0.175. The average Bonchev–Trinajstić information content (AvgIpc) is 3.73. The standard InChI is InChI=1S/C51H35N7/c1-30-10-16-43-37(22-30)38-23-31(2)11-17-44(38)57(43)47-20-14-34(28-52)26-41(47)50-54-49(36-8-6-5-7-9-36)55-51(56-50)42-27-35(29-53)15-21-48(42)58-45-18-12-32(3)24-39(45)40-25-33(4)13-19-46(40)58/h5-27H,1-4H3. The summed E-state index contributed by atoms with van der Waals surface area (Å²) in [6, 6.07) is 52.0. The molecule has 0 spiro atoms. The molecule has 58 heavy (non-hydrogen) atoms. The molecule has 0 fully saturated rings. The topological polar surface area (TPSA) is 96.1 Å². The van der Waals surface area contributed by atoms with Crippen molar-refractivity contribution in [3.8, 4) is 57.7 Å². The van der Waals surface area contributed by atoms with Crippen LogP contribution >= 0.6 is 0 Å². The van der Waals surface area contributed by atoms with E-state index in [9.17, 15) is 10.5 Å². The number of aromatic nitrogens is 5. The monoisotopic (exact) mass is 745 g/mol. The summed E-state index contributed by atoms with van der Waals surface area (Å²) in [6.45, 7) is 8.44. The zero-order valence-electron chi connectivity index (χ0n) is 32.4. The zero-order valence-corrected chi connectivity index (χ0v) is 32.4. The zero-order chi connectivity index (χ0) is 39.7. The summed E-state index contributed by atoms with van der Waals surface area (Å²) in [5.74, 6) is 1.29. The van der Waals surface area contributed by atoms with E-state index >= 15 is 0 Å². The first-order valence-electron chi connectivity index (χ1n) is 19.2. The van der Waals surface area contributed by atoms with Gasteiger partial charge in [-0.05, 0) is 113 Å². The van der Waals surface area contributed by atoms with Crippen LogP contribution < -0.4 is 0 Å². The van der Waals surface area contributed by atoms with Gasteiger partial charge in [0.15, 0.2) is 17.5 Å². The van der Waals surface area contributed by atoms with Crippen molar-refractivity contribution in [1.82, 2.24) is 24.1 Å². The molecular weight excluding hydrogens is 711 g/mol. The Hall–Kier alpha value is -7.87. The first-order chi connectivity index (χ1) is 28.3. The lowest BCUT2D eigenvalue weighted by molar-refractivity contribution is 1.06. The fourth-order valence-corrected chi connectivity index (χ4v) is 8.31. The van der Waals surface area contributed by atoms with Gasteiger partial charge in [0.05, 0.1) is 56.7 Å². The van der Waals surface area contributed by atoms with Gasteiger partial charge in [0.2, 0.25) is 0 Å². The number of benzene rings is 7. The van der Waals surface area contributed by atoms with Gasteiger partial charge < -0.3 is 9.13 Å². The van der Waals surface area contributed by atoms with E-state index in [-0.39, 0.29) is 0 Å². The number of hydrogen-bond acceptors (Lipinski definition) is 5. The maximum atomic E-state index is 10.3. The second-order valence-corrected chi connectivity index (χ2v) is 15.1. The summed E-state index contributed by atoms with van der Waals surface area (Å²) in [6.07, 6.45) is 0. The Balaban J connectivity index is 1.29. The molecule has 0 radical (unpaired) electrons. The highest BCUT2D eigenvalue weighted by Gasteiger charge is 2.23. The molecule has 0 aliphatic carbocycles. The Kier molecular flexibility index (Phi) is 8.00. The molecule has 0 bridgehead atoms.